The molecule has 0 atom stereocenters. The van der Waals surface area contributed by atoms with Gasteiger partial charge in [0.25, 0.3) is 0 Å². The van der Waals surface area contributed by atoms with Crippen molar-refractivity contribution < 1.29 is 4.79 Å². The summed E-state index contributed by atoms with van der Waals surface area (Å²) in [5.74, 6) is 0.832. The van der Waals surface area contributed by atoms with E-state index >= 15 is 0 Å². The van der Waals surface area contributed by atoms with Crippen molar-refractivity contribution in [3.8, 4) is 0 Å². The van der Waals surface area contributed by atoms with Gasteiger partial charge < -0.3 is 16.0 Å². The SMILES string of the molecule is CCNC(=NCc1ccsc1)NCCNC(=O)C(C)(C)C.I. The van der Waals surface area contributed by atoms with Gasteiger partial charge in [-0.25, -0.2) is 4.99 Å². The number of nitrogens with zero attached hydrogens (tertiary/aromatic N) is 1. The molecule has 0 fully saturated rings. The molecule has 22 heavy (non-hydrogen) atoms. The maximum absolute atomic E-state index is 11.7. The molecule has 3 N–H and O–H groups in total. The van der Waals surface area contributed by atoms with Crippen molar-refractivity contribution in [2.75, 3.05) is 19.6 Å². The normalized spacial score (nSPS) is 11.5. The highest BCUT2D eigenvalue weighted by molar-refractivity contribution is 14.0. The molecule has 0 aliphatic heterocycles. The number of hydrogen-bond donors (Lipinski definition) is 3. The van der Waals surface area contributed by atoms with E-state index in [1.165, 1.54) is 5.56 Å². The van der Waals surface area contributed by atoms with E-state index in [1.807, 2.05) is 33.1 Å². The highest BCUT2D eigenvalue weighted by atomic mass is 127. The summed E-state index contributed by atoms with van der Waals surface area (Å²) in [5.41, 5.74) is 0.857. The molecule has 1 amide bonds. The van der Waals surface area contributed by atoms with E-state index in [-0.39, 0.29) is 35.3 Å². The van der Waals surface area contributed by atoms with Crippen LogP contribution in [0, 0.1) is 5.41 Å². The Morgan fingerprint density at radius 3 is 2.45 bits per heavy atom. The molecule has 0 unspecified atom stereocenters. The van der Waals surface area contributed by atoms with Crippen LogP contribution in [0.3, 0.4) is 0 Å². The van der Waals surface area contributed by atoms with Crippen LogP contribution in [0.15, 0.2) is 21.8 Å². The maximum atomic E-state index is 11.7. The minimum atomic E-state index is -0.350. The van der Waals surface area contributed by atoms with Gasteiger partial charge in [-0.05, 0) is 29.3 Å². The van der Waals surface area contributed by atoms with Gasteiger partial charge in [-0.2, -0.15) is 11.3 Å². The molecular weight excluding hydrogens is 411 g/mol. The molecular formula is C15H27IN4OS. The third-order valence-corrected chi connectivity index (χ3v) is 3.46. The summed E-state index contributed by atoms with van der Waals surface area (Å²) < 4.78 is 0. The average Bonchev–Trinajstić information content (AvgIpc) is 2.92. The van der Waals surface area contributed by atoms with Crippen LogP contribution in [0.2, 0.25) is 0 Å². The molecule has 0 radical (unpaired) electrons. The zero-order valence-electron chi connectivity index (χ0n) is 13.7. The average molecular weight is 438 g/mol. The Kier molecular flexibility index (Phi) is 10.4. The lowest BCUT2D eigenvalue weighted by Gasteiger charge is -2.18. The zero-order chi connectivity index (χ0) is 15.7. The van der Waals surface area contributed by atoms with Crippen LogP contribution in [0.4, 0.5) is 0 Å². The Balaban J connectivity index is 0.00000441. The van der Waals surface area contributed by atoms with Gasteiger partial charge in [0, 0.05) is 25.0 Å². The summed E-state index contributed by atoms with van der Waals surface area (Å²) in [7, 11) is 0. The second-order valence-corrected chi connectivity index (χ2v) is 6.54. The maximum Gasteiger partial charge on any atom is 0.225 e. The number of halogens is 1. The Morgan fingerprint density at radius 1 is 1.23 bits per heavy atom. The van der Waals surface area contributed by atoms with Crippen molar-refractivity contribution in [2.24, 2.45) is 10.4 Å². The van der Waals surface area contributed by atoms with Crippen LogP contribution >= 0.6 is 35.3 Å². The van der Waals surface area contributed by atoms with Gasteiger partial charge in [-0.3, -0.25) is 4.79 Å². The van der Waals surface area contributed by atoms with Crippen LogP contribution in [0.5, 0.6) is 0 Å². The fourth-order valence-corrected chi connectivity index (χ4v) is 2.18. The number of nitrogens with one attached hydrogen (secondary N) is 3. The molecule has 0 saturated heterocycles. The number of rotatable bonds is 6. The zero-order valence-corrected chi connectivity index (χ0v) is 16.9. The first-order valence-corrected chi connectivity index (χ1v) is 8.19. The van der Waals surface area contributed by atoms with Crippen molar-refractivity contribution in [3.63, 3.8) is 0 Å². The van der Waals surface area contributed by atoms with E-state index in [2.05, 4.69) is 32.4 Å². The number of amides is 1. The van der Waals surface area contributed by atoms with Gasteiger partial charge in [0.2, 0.25) is 5.91 Å². The van der Waals surface area contributed by atoms with Gasteiger partial charge in [0.05, 0.1) is 6.54 Å². The monoisotopic (exact) mass is 438 g/mol. The number of hydrogen-bond acceptors (Lipinski definition) is 3. The number of thiophene rings is 1. The predicted molar refractivity (Wildman–Crippen MR) is 105 cm³/mol. The second kappa shape index (κ2) is 10.8. The largest absolute Gasteiger partial charge is 0.357 e. The van der Waals surface area contributed by atoms with Gasteiger partial charge >= 0.3 is 0 Å². The Morgan fingerprint density at radius 2 is 1.91 bits per heavy atom. The van der Waals surface area contributed by atoms with E-state index < -0.39 is 0 Å². The van der Waals surface area contributed by atoms with E-state index in [9.17, 15) is 4.79 Å². The van der Waals surface area contributed by atoms with Crippen molar-refractivity contribution >= 4 is 47.2 Å². The van der Waals surface area contributed by atoms with Crippen LogP contribution < -0.4 is 16.0 Å². The lowest BCUT2D eigenvalue weighted by molar-refractivity contribution is -0.128. The van der Waals surface area contributed by atoms with Crippen LogP contribution in [0.25, 0.3) is 0 Å². The first-order chi connectivity index (χ1) is 9.93. The molecule has 1 aromatic heterocycles. The molecule has 0 spiro atoms. The molecule has 0 aromatic carbocycles. The van der Waals surface area contributed by atoms with Crippen molar-refractivity contribution in [2.45, 2.75) is 34.2 Å². The highest BCUT2D eigenvalue weighted by Gasteiger charge is 2.20. The first kappa shape index (κ1) is 21.2. The minimum Gasteiger partial charge on any atom is -0.357 e. The lowest BCUT2D eigenvalue weighted by Crippen LogP contribution is -2.43. The van der Waals surface area contributed by atoms with Crippen LogP contribution in [0.1, 0.15) is 33.3 Å². The topological polar surface area (TPSA) is 65.5 Å². The van der Waals surface area contributed by atoms with Crippen molar-refractivity contribution in [1.29, 1.82) is 0 Å². The minimum absolute atomic E-state index is 0. The highest BCUT2D eigenvalue weighted by Crippen LogP contribution is 2.11. The third-order valence-electron chi connectivity index (χ3n) is 2.73. The molecule has 126 valence electrons. The summed E-state index contributed by atoms with van der Waals surface area (Å²) in [5, 5.41) is 13.5. The second-order valence-electron chi connectivity index (χ2n) is 5.76. The van der Waals surface area contributed by atoms with Gasteiger partial charge in [-0.1, -0.05) is 20.8 Å². The van der Waals surface area contributed by atoms with E-state index in [0.29, 0.717) is 19.6 Å². The summed E-state index contributed by atoms with van der Waals surface area (Å²) in [6, 6.07) is 2.07. The van der Waals surface area contributed by atoms with Gasteiger partial charge in [0.1, 0.15) is 0 Å². The fourth-order valence-electron chi connectivity index (χ4n) is 1.52. The first-order valence-electron chi connectivity index (χ1n) is 7.25. The number of aliphatic imine (C=N–C) groups is 1. The number of carbonyl (C=O) groups is 1. The lowest BCUT2D eigenvalue weighted by atomic mass is 9.96. The standard InChI is InChI=1S/C15H26N4OS.HI/c1-5-16-14(19-10-12-6-9-21-11-12)18-8-7-17-13(20)15(2,3)4;/h6,9,11H,5,7-8,10H2,1-4H3,(H,17,20)(H2,16,18,19);1H. The van der Waals surface area contributed by atoms with Gasteiger partial charge in [-0.15, -0.1) is 24.0 Å². The van der Waals surface area contributed by atoms with E-state index in [1.54, 1.807) is 11.3 Å². The van der Waals surface area contributed by atoms with Crippen molar-refractivity contribution in [3.05, 3.63) is 22.4 Å². The molecule has 1 aromatic rings. The number of guanidine groups is 1. The Bertz CT molecular complexity index is 455. The van der Waals surface area contributed by atoms with E-state index in [0.717, 1.165) is 12.5 Å². The van der Waals surface area contributed by atoms with Crippen LogP contribution in [-0.2, 0) is 11.3 Å². The smallest absolute Gasteiger partial charge is 0.225 e. The Labute approximate surface area is 154 Å². The molecule has 0 saturated carbocycles. The summed E-state index contributed by atoms with van der Waals surface area (Å²) in [4.78, 5) is 16.2. The number of carbonyl (C=O) groups excluding carboxylic acids is 1. The quantitative estimate of drug-likeness (QED) is 0.277. The summed E-state index contributed by atoms with van der Waals surface area (Å²) in [6.45, 7) is 10.4. The summed E-state index contributed by atoms with van der Waals surface area (Å²) in [6.07, 6.45) is 0. The van der Waals surface area contributed by atoms with Gasteiger partial charge in [0.15, 0.2) is 5.96 Å². The third kappa shape index (κ3) is 8.57. The molecule has 5 nitrogen and oxygen atoms in total. The van der Waals surface area contributed by atoms with Crippen molar-refractivity contribution in [1.82, 2.24) is 16.0 Å². The molecule has 7 heteroatoms. The summed E-state index contributed by atoms with van der Waals surface area (Å²) >= 11 is 1.67. The van der Waals surface area contributed by atoms with E-state index in [4.69, 9.17) is 0 Å². The fraction of sp³-hybridized carbons (Fsp3) is 0.600. The Hall–Kier alpha value is -0.830. The molecule has 1 rings (SSSR count). The van der Waals surface area contributed by atoms with Crippen LogP contribution in [-0.4, -0.2) is 31.5 Å². The predicted octanol–water partition coefficient (Wildman–Crippen LogP) is 2.58. The molecule has 0 bridgehead atoms. The molecule has 0 aliphatic rings. The molecule has 1 heterocycles. The molecule has 0 aliphatic carbocycles.